The molecule has 5 heteroatoms. The first-order chi connectivity index (χ1) is 7.10. The molecule has 0 amide bonds. The van der Waals surface area contributed by atoms with Crippen molar-refractivity contribution in [2.75, 3.05) is 14.2 Å². The zero-order chi connectivity index (χ0) is 11.4. The van der Waals surface area contributed by atoms with Gasteiger partial charge in [-0.3, -0.25) is 0 Å². The fraction of sp³-hybridized carbons (Fsp3) is 0.300. The zero-order valence-electron chi connectivity index (χ0n) is 8.43. The molecule has 1 aromatic carbocycles. The lowest BCUT2D eigenvalue weighted by Gasteiger charge is -2.12. The Morgan fingerprint density at radius 3 is 2.47 bits per heavy atom. The molecule has 15 heavy (non-hydrogen) atoms. The molecule has 0 saturated carbocycles. The van der Waals surface area contributed by atoms with Crippen molar-refractivity contribution in [3.63, 3.8) is 0 Å². The van der Waals surface area contributed by atoms with Crippen LogP contribution in [0, 0.1) is 0 Å². The molecular weight excluding hydrogens is 200 g/mol. The number of carbonyl (C=O) groups is 1. The van der Waals surface area contributed by atoms with Crippen molar-refractivity contribution in [3.8, 4) is 11.5 Å². The summed E-state index contributed by atoms with van der Waals surface area (Å²) in [5, 5.41) is 18.0. The van der Waals surface area contributed by atoms with Crippen molar-refractivity contribution in [3.05, 3.63) is 23.8 Å². The van der Waals surface area contributed by atoms with Crippen molar-refractivity contribution < 1.29 is 24.5 Å². The maximum atomic E-state index is 10.6. The molecule has 0 bridgehead atoms. The van der Waals surface area contributed by atoms with E-state index < -0.39 is 12.1 Å². The van der Waals surface area contributed by atoms with Crippen molar-refractivity contribution >= 4 is 5.97 Å². The van der Waals surface area contributed by atoms with Crippen LogP contribution in [0.3, 0.4) is 0 Å². The number of hydrogen-bond donors (Lipinski definition) is 2. The highest BCUT2D eigenvalue weighted by Gasteiger charge is 2.20. The van der Waals surface area contributed by atoms with Crippen molar-refractivity contribution in [1.82, 2.24) is 0 Å². The predicted molar refractivity (Wildman–Crippen MR) is 52.1 cm³/mol. The van der Waals surface area contributed by atoms with Crippen LogP contribution in [0.2, 0.25) is 0 Å². The van der Waals surface area contributed by atoms with Crippen LogP contribution in [-0.4, -0.2) is 30.4 Å². The minimum Gasteiger partial charge on any atom is -0.497 e. The average Bonchev–Trinajstić information content (AvgIpc) is 2.27. The van der Waals surface area contributed by atoms with E-state index in [0.717, 1.165) is 0 Å². The Morgan fingerprint density at radius 1 is 1.33 bits per heavy atom. The van der Waals surface area contributed by atoms with Gasteiger partial charge in [0.25, 0.3) is 0 Å². The number of benzene rings is 1. The molecule has 1 aromatic rings. The van der Waals surface area contributed by atoms with E-state index in [0.29, 0.717) is 5.75 Å². The lowest BCUT2D eigenvalue weighted by Crippen LogP contribution is -2.11. The van der Waals surface area contributed by atoms with Gasteiger partial charge in [-0.25, -0.2) is 4.79 Å². The summed E-state index contributed by atoms with van der Waals surface area (Å²) in [7, 11) is 2.88. The minimum atomic E-state index is -1.59. The fourth-order valence-electron chi connectivity index (χ4n) is 1.18. The molecule has 0 fully saturated rings. The summed E-state index contributed by atoms with van der Waals surface area (Å²) in [6.07, 6.45) is -1.59. The molecule has 0 saturated heterocycles. The number of ether oxygens (including phenoxy) is 2. The molecule has 82 valence electrons. The van der Waals surface area contributed by atoms with Gasteiger partial charge in [0.1, 0.15) is 11.5 Å². The number of carboxylic acids is 1. The van der Waals surface area contributed by atoms with Gasteiger partial charge in [0, 0.05) is 11.6 Å². The Kier molecular flexibility index (Phi) is 3.51. The van der Waals surface area contributed by atoms with Crippen LogP contribution in [0.25, 0.3) is 0 Å². The number of aliphatic hydroxyl groups excluding tert-OH is 1. The van der Waals surface area contributed by atoms with Gasteiger partial charge in [-0.2, -0.15) is 0 Å². The molecule has 0 aliphatic heterocycles. The summed E-state index contributed by atoms with van der Waals surface area (Å²) in [5.41, 5.74) is 0.200. The largest absolute Gasteiger partial charge is 0.497 e. The molecule has 0 aromatic heterocycles. The van der Waals surface area contributed by atoms with Crippen LogP contribution in [0.15, 0.2) is 18.2 Å². The van der Waals surface area contributed by atoms with E-state index in [-0.39, 0.29) is 11.3 Å². The Balaban J connectivity index is 3.12. The molecule has 0 aliphatic carbocycles. The second kappa shape index (κ2) is 4.65. The second-order valence-corrected chi connectivity index (χ2v) is 2.85. The lowest BCUT2D eigenvalue weighted by molar-refractivity contribution is -0.147. The van der Waals surface area contributed by atoms with Gasteiger partial charge in [0.15, 0.2) is 6.10 Å². The number of rotatable bonds is 4. The van der Waals surface area contributed by atoms with E-state index in [1.165, 1.54) is 26.4 Å². The quantitative estimate of drug-likeness (QED) is 0.772. The van der Waals surface area contributed by atoms with Gasteiger partial charge in [-0.15, -0.1) is 0 Å². The maximum Gasteiger partial charge on any atom is 0.337 e. The van der Waals surface area contributed by atoms with Gasteiger partial charge >= 0.3 is 5.97 Å². The molecule has 0 spiro atoms. The smallest absolute Gasteiger partial charge is 0.337 e. The highest BCUT2D eigenvalue weighted by atomic mass is 16.5. The Bertz CT molecular complexity index is 361. The second-order valence-electron chi connectivity index (χ2n) is 2.85. The Morgan fingerprint density at radius 2 is 2.00 bits per heavy atom. The molecule has 5 nitrogen and oxygen atoms in total. The van der Waals surface area contributed by atoms with E-state index in [1.807, 2.05) is 0 Å². The lowest BCUT2D eigenvalue weighted by atomic mass is 10.1. The van der Waals surface area contributed by atoms with Crippen LogP contribution in [0.1, 0.15) is 11.7 Å². The Hall–Kier alpha value is -1.75. The summed E-state index contributed by atoms with van der Waals surface area (Å²) < 4.78 is 9.90. The topological polar surface area (TPSA) is 76.0 Å². The third-order valence-corrected chi connectivity index (χ3v) is 1.97. The standard InChI is InChI=1S/C10H12O5/c1-14-6-3-4-7(8(5-6)15-2)9(11)10(12)13/h3-5,9,11H,1-2H3,(H,12,13). The predicted octanol–water partition coefficient (Wildman–Crippen LogP) is 0.822. The monoisotopic (exact) mass is 212 g/mol. The van der Waals surface area contributed by atoms with Crippen molar-refractivity contribution in [2.24, 2.45) is 0 Å². The van der Waals surface area contributed by atoms with Gasteiger partial charge in [-0.1, -0.05) is 0 Å². The van der Waals surface area contributed by atoms with Crippen LogP contribution >= 0.6 is 0 Å². The molecular formula is C10H12O5. The highest BCUT2D eigenvalue weighted by molar-refractivity contribution is 5.75. The van der Waals surface area contributed by atoms with Crippen LogP contribution in [0.5, 0.6) is 11.5 Å². The Labute approximate surface area is 86.9 Å². The van der Waals surface area contributed by atoms with Gasteiger partial charge in [-0.05, 0) is 12.1 Å². The molecule has 2 N–H and O–H groups in total. The summed E-state index contributed by atoms with van der Waals surface area (Å²) in [6, 6.07) is 4.53. The van der Waals surface area contributed by atoms with E-state index >= 15 is 0 Å². The SMILES string of the molecule is COc1ccc(C(O)C(=O)O)c(OC)c1. The third kappa shape index (κ3) is 2.38. The number of aliphatic carboxylic acids is 1. The number of methoxy groups -OCH3 is 2. The average molecular weight is 212 g/mol. The molecule has 1 atom stereocenters. The first-order valence-electron chi connectivity index (χ1n) is 4.23. The third-order valence-electron chi connectivity index (χ3n) is 1.97. The fourth-order valence-corrected chi connectivity index (χ4v) is 1.18. The number of aliphatic hydroxyl groups is 1. The van der Waals surface area contributed by atoms with Gasteiger partial charge in [0.05, 0.1) is 14.2 Å². The minimum absolute atomic E-state index is 0.200. The zero-order valence-corrected chi connectivity index (χ0v) is 8.43. The van der Waals surface area contributed by atoms with E-state index in [2.05, 4.69) is 0 Å². The first-order valence-corrected chi connectivity index (χ1v) is 4.23. The van der Waals surface area contributed by atoms with Crippen molar-refractivity contribution in [2.45, 2.75) is 6.10 Å². The maximum absolute atomic E-state index is 10.6. The molecule has 0 heterocycles. The highest BCUT2D eigenvalue weighted by Crippen LogP contribution is 2.29. The normalized spacial score (nSPS) is 11.9. The number of carboxylic acid groups (broad SMARTS) is 1. The summed E-state index contributed by atoms with van der Waals surface area (Å²) in [4.78, 5) is 10.6. The van der Waals surface area contributed by atoms with Gasteiger partial charge in [0.2, 0.25) is 0 Å². The molecule has 0 aliphatic rings. The molecule has 0 radical (unpaired) electrons. The van der Waals surface area contributed by atoms with E-state index in [1.54, 1.807) is 6.07 Å². The van der Waals surface area contributed by atoms with Crippen LogP contribution in [0.4, 0.5) is 0 Å². The molecule has 1 rings (SSSR count). The van der Waals surface area contributed by atoms with Crippen LogP contribution < -0.4 is 9.47 Å². The molecule has 1 unspecified atom stereocenters. The van der Waals surface area contributed by atoms with Crippen molar-refractivity contribution in [1.29, 1.82) is 0 Å². The summed E-state index contributed by atoms with van der Waals surface area (Å²) in [5.74, 6) is -0.504. The van der Waals surface area contributed by atoms with Crippen LogP contribution in [-0.2, 0) is 4.79 Å². The number of hydrogen-bond acceptors (Lipinski definition) is 4. The summed E-state index contributed by atoms with van der Waals surface area (Å²) in [6.45, 7) is 0. The first kappa shape index (κ1) is 11.3. The van der Waals surface area contributed by atoms with Gasteiger partial charge < -0.3 is 19.7 Å². The van der Waals surface area contributed by atoms with E-state index in [4.69, 9.17) is 14.6 Å². The van der Waals surface area contributed by atoms with E-state index in [9.17, 15) is 9.90 Å². The summed E-state index contributed by atoms with van der Waals surface area (Å²) >= 11 is 0.